The number of nitriles is 1. The van der Waals surface area contributed by atoms with Crippen molar-refractivity contribution in [1.29, 1.82) is 5.26 Å². The highest BCUT2D eigenvalue weighted by Crippen LogP contribution is 2.31. The summed E-state index contributed by atoms with van der Waals surface area (Å²) in [7, 11) is 0. The molecule has 1 aliphatic rings. The molecule has 138 valence electrons. The Morgan fingerprint density at radius 1 is 1.30 bits per heavy atom. The number of benzene rings is 1. The highest BCUT2D eigenvalue weighted by molar-refractivity contribution is 5.93. The average molecular weight is 359 g/mol. The lowest BCUT2D eigenvalue weighted by molar-refractivity contribution is 0.388. The molecule has 1 aromatic carbocycles. The van der Waals surface area contributed by atoms with E-state index in [1.54, 1.807) is 6.20 Å². The molecule has 1 unspecified atom stereocenters. The third-order valence-corrected chi connectivity index (χ3v) is 5.24. The van der Waals surface area contributed by atoms with Gasteiger partial charge in [0.2, 0.25) is 0 Å². The topological polar surface area (TPSA) is 67.7 Å². The minimum atomic E-state index is 0.477. The molecule has 2 N–H and O–H groups in total. The Balaban J connectivity index is 1.66. The summed E-state index contributed by atoms with van der Waals surface area (Å²) in [6.07, 6.45) is 4.86. The lowest BCUT2D eigenvalue weighted by Crippen LogP contribution is -2.51. The van der Waals surface area contributed by atoms with Crippen LogP contribution in [0.25, 0.3) is 22.2 Å². The van der Waals surface area contributed by atoms with E-state index in [2.05, 4.69) is 52.2 Å². The normalized spacial score (nSPS) is 17.4. The molecule has 5 nitrogen and oxygen atoms in total. The molecule has 0 saturated carbocycles. The molecule has 0 radical (unpaired) electrons. The molecule has 0 aliphatic carbocycles. The maximum atomic E-state index is 9.79. The van der Waals surface area contributed by atoms with E-state index in [4.69, 9.17) is 0 Å². The van der Waals surface area contributed by atoms with Crippen LogP contribution in [0.15, 0.2) is 42.7 Å². The fourth-order valence-corrected chi connectivity index (χ4v) is 4.05. The molecule has 4 rings (SSSR count). The van der Waals surface area contributed by atoms with E-state index in [0.717, 1.165) is 59.5 Å². The highest BCUT2D eigenvalue weighted by Gasteiger charge is 2.22. The van der Waals surface area contributed by atoms with Crippen LogP contribution in [0.2, 0.25) is 0 Å². The van der Waals surface area contributed by atoms with E-state index in [9.17, 15) is 5.26 Å². The second kappa shape index (κ2) is 7.42. The molecular formula is C22H25N5. The quantitative estimate of drug-likeness (QED) is 0.741. The summed E-state index contributed by atoms with van der Waals surface area (Å²) in [6.45, 7) is 7.35. The van der Waals surface area contributed by atoms with Gasteiger partial charge in [-0.25, -0.2) is 4.98 Å². The van der Waals surface area contributed by atoms with Gasteiger partial charge < -0.3 is 15.2 Å². The van der Waals surface area contributed by atoms with E-state index in [-0.39, 0.29) is 0 Å². The van der Waals surface area contributed by atoms with E-state index >= 15 is 0 Å². The lowest BCUT2D eigenvalue weighted by Gasteiger charge is -2.36. The molecule has 0 amide bonds. The van der Waals surface area contributed by atoms with Crippen molar-refractivity contribution in [2.75, 3.05) is 24.5 Å². The summed E-state index contributed by atoms with van der Waals surface area (Å²) in [5.41, 5.74) is 4.79. The SMILES string of the molecule is CC(C)CC1CN(c2ccc(-c3ccnc4[nH]ccc34)cc2C#N)CCN1. The molecule has 27 heavy (non-hydrogen) atoms. The minimum Gasteiger partial charge on any atom is -0.368 e. The fraction of sp³-hybridized carbons (Fsp3) is 0.364. The molecule has 3 aromatic rings. The third-order valence-electron chi connectivity index (χ3n) is 5.24. The number of aromatic amines is 1. The van der Waals surface area contributed by atoms with Crippen LogP contribution in [-0.2, 0) is 0 Å². The first-order valence-electron chi connectivity index (χ1n) is 9.60. The van der Waals surface area contributed by atoms with Crippen LogP contribution in [0.5, 0.6) is 0 Å². The number of nitrogens with zero attached hydrogens (tertiary/aromatic N) is 3. The highest BCUT2D eigenvalue weighted by atomic mass is 15.2. The third kappa shape index (κ3) is 3.54. The van der Waals surface area contributed by atoms with Crippen LogP contribution in [-0.4, -0.2) is 35.6 Å². The summed E-state index contributed by atoms with van der Waals surface area (Å²) in [6, 6.07) is 13.2. The van der Waals surface area contributed by atoms with Gasteiger partial charge in [0.25, 0.3) is 0 Å². The van der Waals surface area contributed by atoms with Crippen molar-refractivity contribution in [2.24, 2.45) is 5.92 Å². The Kier molecular flexibility index (Phi) is 4.83. The summed E-state index contributed by atoms with van der Waals surface area (Å²) in [5.74, 6) is 0.663. The molecule has 1 aliphatic heterocycles. The van der Waals surface area contributed by atoms with Gasteiger partial charge in [0, 0.05) is 43.5 Å². The number of pyridine rings is 1. The predicted molar refractivity (Wildman–Crippen MR) is 110 cm³/mol. The number of hydrogen-bond donors (Lipinski definition) is 2. The number of H-pyrrole nitrogens is 1. The molecule has 1 fully saturated rings. The van der Waals surface area contributed by atoms with E-state index in [0.29, 0.717) is 12.0 Å². The van der Waals surface area contributed by atoms with Crippen LogP contribution in [0.4, 0.5) is 5.69 Å². The van der Waals surface area contributed by atoms with Crippen molar-refractivity contribution in [3.05, 3.63) is 48.3 Å². The molecule has 5 heteroatoms. The fourth-order valence-electron chi connectivity index (χ4n) is 4.05. The van der Waals surface area contributed by atoms with Crippen LogP contribution < -0.4 is 10.2 Å². The number of rotatable bonds is 4. The van der Waals surface area contributed by atoms with Gasteiger partial charge >= 0.3 is 0 Å². The minimum absolute atomic E-state index is 0.477. The van der Waals surface area contributed by atoms with Crippen LogP contribution in [0.3, 0.4) is 0 Å². The molecule has 1 atom stereocenters. The van der Waals surface area contributed by atoms with Crippen molar-refractivity contribution < 1.29 is 0 Å². The monoisotopic (exact) mass is 359 g/mol. The van der Waals surface area contributed by atoms with Crippen molar-refractivity contribution >= 4 is 16.7 Å². The van der Waals surface area contributed by atoms with E-state index in [1.165, 1.54) is 0 Å². The Morgan fingerprint density at radius 3 is 3.00 bits per heavy atom. The number of piperazine rings is 1. The van der Waals surface area contributed by atoms with E-state index in [1.807, 2.05) is 24.4 Å². The van der Waals surface area contributed by atoms with Crippen LogP contribution in [0.1, 0.15) is 25.8 Å². The average Bonchev–Trinajstić information content (AvgIpc) is 3.16. The molecular weight excluding hydrogens is 334 g/mol. The first kappa shape index (κ1) is 17.6. The second-order valence-electron chi connectivity index (χ2n) is 7.67. The van der Waals surface area contributed by atoms with Crippen LogP contribution in [0, 0.1) is 17.2 Å². The Morgan fingerprint density at radius 2 is 2.19 bits per heavy atom. The molecule has 0 spiro atoms. The molecule has 3 heterocycles. The van der Waals surface area contributed by atoms with Gasteiger partial charge in [-0.15, -0.1) is 0 Å². The largest absolute Gasteiger partial charge is 0.368 e. The first-order valence-corrected chi connectivity index (χ1v) is 9.60. The Hall–Kier alpha value is -2.84. The maximum absolute atomic E-state index is 9.79. The molecule has 1 saturated heterocycles. The van der Waals surface area contributed by atoms with Crippen molar-refractivity contribution in [3.63, 3.8) is 0 Å². The maximum Gasteiger partial charge on any atom is 0.137 e. The first-order chi connectivity index (χ1) is 13.2. The van der Waals surface area contributed by atoms with Gasteiger partial charge in [-0.1, -0.05) is 19.9 Å². The number of fused-ring (bicyclic) bond motifs is 1. The molecule has 2 aromatic heterocycles. The zero-order valence-corrected chi connectivity index (χ0v) is 15.9. The van der Waals surface area contributed by atoms with Gasteiger partial charge in [-0.3, -0.25) is 0 Å². The van der Waals surface area contributed by atoms with Gasteiger partial charge in [-0.05, 0) is 47.7 Å². The standard InChI is InChI=1S/C22H25N5/c1-15(2)11-18-14-27(10-9-24-18)21-4-3-16(12-17(21)13-23)19-5-7-25-22-20(19)6-8-26-22/h3-8,12,15,18,24H,9-11,14H2,1-2H3,(H,25,26). The van der Waals surface area contributed by atoms with Crippen molar-refractivity contribution in [3.8, 4) is 17.2 Å². The van der Waals surface area contributed by atoms with Gasteiger partial charge in [0.1, 0.15) is 11.7 Å². The van der Waals surface area contributed by atoms with Crippen LogP contribution >= 0.6 is 0 Å². The predicted octanol–water partition coefficient (Wildman–Crippen LogP) is 3.93. The number of aromatic nitrogens is 2. The number of nitrogens with one attached hydrogen (secondary N) is 2. The molecule has 0 bridgehead atoms. The summed E-state index contributed by atoms with van der Waals surface area (Å²) < 4.78 is 0. The van der Waals surface area contributed by atoms with Gasteiger partial charge in [0.15, 0.2) is 0 Å². The smallest absolute Gasteiger partial charge is 0.137 e. The van der Waals surface area contributed by atoms with Gasteiger partial charge in [-0.2, -0.15) is 5.26 Å². The van der Waals surface area contributed by atoms with Crippen molar-refractivity contribution in [1.82, 2.24) is 15.3 Å². The number of hydrogen-bond acceptors (Lipinski definition) is 4. The second-order valence-corrected chi connectivity index (χ2v) is 7.67. The summed E-state index contributed by atoms with van der Waals surface area (Å²) in [4.78, 5) is 9.86. The summed E-state index contributed by atoms with van der Waals surface area (Å²) in [5, 5.41) is 14.5. The van der Waals surface area contributed by atoms with E-state index < -0.39 is 0 Å². The summed E-state index contributed by atoms with van der Waals surface area (Å²) >= 11 is 0. The number of anilines is 1. The Labute approximate surface area is 160 Å². The van der Waals surface area contributed by atoms with Gasteiger partial charge in [0.05, 0.1) is 11.3 Å². The zero-order chi connectivity index (χ0) is 18.8. The Bertz CT molecular complexity index is 982. The lowest BCUT2D eigenvalue weighted by atomic mass is 9.98. The van der Waals surface area contributed by atoms with Crippen molar-refractivity contribution in [2.45, 2.75) is 26.3 Å². The zero-order valence-electron chi connectivity index (χ0n) is 15.9.